The summed E-state index contributed by atoms with van der Waals surface area (Å²) in [5, 5.41) is 3.61. The number of likely N-dealkylation sites (tertiary alicyclic amines) is 1. The first-order valence-electron chi connectivity index (χ1n) is 6.67. The lowest BCUT2D eigenvalue weighted by atomic mass is 10.1. The van der Waals surface area contributed by atoms with Crippen LogP contribution in [0, 0.1) is 5.92 Å². The van der Waals surface area contributed by atoms with Crippen LogP contribution in [0.5, 0.6) is 0 Å². The van der Waals surface area contributed by atoms with Crippen molar-refractivity contribution in [2.45, 2.75) is 39.2 Å². The molecule has 16 heavy (non-hydrogen) atoms. The van der Waals surface area contributed by atoms with Gasteiger partial charge in [-0.2, -0.15) is 11.8 Å². The third-order valence-electron chi connectivity index (χ3n) is 3.43. The standard InChI is InChI=1S/C13H28N2S/c1-12(2)15-8-6-13(11-15)10-14-7-4-5-9-16-3/h12-14H,4-11H2,1-3H3. The molecule has 0 aromatic rings. The molecule has 2 nitrogen and oxygen atoms in total. The summed E-state index contributed by atoms with van der Waals surface area (Å²) >= 11 is 1.95. The first-order valence-corrected chi connectivity index (χ1v) is 8.07. The van der Waals surface area contributed by atoms with E-state index in [0.717, 1.165) is 12.0 Å². The van der Waals surface area contributed by atoms with E-state index >= 15 is 0 Å². The van der Waals surface area contributed by atoms with E-state index < -0.39 is 0 Å². The third-order valence-corrected chi connectivity index (χ3v) is 4.13. The smallest absolute Gasteiger partial charge is 0.00387 e. The van der Waals surface area contributed by atoms with E-state index in [1.807, 2.05) is 11.8 Å². The highest BCUT2D eigenvalue weighted by Gasteiger charge is 2.23. The van der Waals surface area contributed by atoms with Crippen LogP contribution < -0.4 is 5.32 Å². The molecule has 1 atom stereocenters. The topological polar surface area (TPSA) is 15.3 Å². The van der Waals surface area contributed by atoms with Gasteiger partial charge in [-0.15, -0.1) is 0 Å². The fourth-order valence-corrected chi connectivity index (χ4v) is 2.79. The monoisotopic (exact) mass is 244 g/mol. The molecule has 1 aliphatic rings. The normalized spacial score (nSPS) is 22.1. The van der Waals surface area contributed by atoms with Crippen LogP contribution in [0.25, 0.3) is 0 Å². The van der Waals surface area contributed by atoms with Crippen molar-refractivity contribution in [1.29, 1.82) is 0 Å². The molecule has 0 amide bonds. The van der Waals surface area contributed by atoms with Gasteiger partial charge in [0.1, 0.15) is 0 Å². The zero-order chi connectivity index (χ0) is 11.8. The molecule has 1 fully saturated rings. The predicted molar refractivity (Wildman–Crippen MR) is 75.3 cm³/mol. The SMILES string of the molecule is CSCCCCNCC1CCN(C(C)C)C1. The zero-order valence-corrected chi connectivity index (χ0v) is 12.0. The van der Waals surface area contributed by atoms with Crippen LogP contribution in [0.2, 0.25) is 0 Å². The van der Waals surface area contributed by atoms with Crippen molar-refractivity contribution >= 4 is 11.8 Å². The lowest BCUT2D eigenvalue weighted by Gasteiger charge is -2.20. The largest absolute Gasteiger partial charge is 0.316 e. The molecule has 0 aliphatic carbocycles. The molecule has 1 unspecified atom stereocenters. The summed E-state index contributed by atoms with van der Waals surface area (Å²) in [6, 6.07) is 0.728. The van der Waals surface area contributed by atoms with Gasteiger partial charge in [0.05, 0.1) is 0 Å². The van der Waals surface area contributed by atoms with Crippen LogP contribution in [-0.4, -0.2) is 49.1 Å². The first-order chi connectivity index (χ1) is 7.74. The molecule has 0 spiro atoms. The number of rotatable bonds is 8. The fourth-order valence-electron chi connectivity index (χ4n) is 2.30. The molecule has 1 aliphatic heterocycles. The summed E-state index contributed by atoms with van der Waals surface area (Å²) in [5.41, 5.74) is 0. The highest BCUT2D eigenvalue weighted by Crippen LogP contribution is 2.17. The van der Waals surface area contributed by atoms with Crippen molar-refractivity contribution in [1.82, 2.24) is 10.2 Å². The summed E-state index contributed by atoms with van der Waals surface area (Å²) in [5.74, 6) is 2.20. The molecule has 96 valence electrons. The quantitative estimate of drug-likeness (QED) is 0.660. The van der Waals surface area contributed by atoms with Crippen molar-refractivity contribution in [2.75, 3.05) is 38.2 Å². The number of hydrogen-bond donors (Lipinski definition) is 1. The number of unbranched alkanes of at least 4 members (excludes halogenated alkanes) is 1. The molecule has 3 heteroatoms. The Kier molecular flexibility index (Phi) is 7.50. The first kappa shape index (κ1) is 14.3. The number of nitrogens with one attached hydrogen (secondary N) is 1. The fraction of sp³-hybridized carbons (Fsp3) is 1.00. The maximum absolute atomic E-state index is 3.61. The molecular formula is C13H28N2S. The van der Waals surface area contributed by atoms with Crippen LogP contribution in [0.1, 0.15) is 33.1 Å². The van der Waals surface area contributed by atoms with Gasteiger partial charge < -0.3 is 10.2 Å². The van der Waals surface area contributed by atoms with Crippen LogP contribution in [0.4, 0.5) is 0 Å². The minimum absolute atomic E-state index is 0.728. The van der Waals surface area contributed by atoms with E-state index in [0.29, 0.717) is 0 Å². The summed E-state index contributed by atoms with van der Waals surface area (Å²) in [6.45, 7) is 9.64. The second kappa shape index (κ2) is 8.37. The van der Waals surface area contributed by atoms with Crippen LogP contribution in [0.3, 0.4) is 0 Å². The molecule has 1 N–H and O–H groups in total. The highest BCUT2D eigenvalue weighted by atomic mass is 32.2. The summed E-state index contributed by atoms with van der Waals surface area (Å²) in [7, 11) is 0. The second-order valence-electron chi connectivity index (χ2n) is 5.15. The lowest BCUT2D eigenvalue weighted by Crippen LogP contribution is -2.31. The van der Waals surface area contributed by atoms with Crippen molar-refractivity contribution in [3.05, 3.63) is 0 Å². The lowest BCUT2D eigenvalue weighted by molar-refractivity contribution is 0.264. The van der Waals surface area contributed by atoms with Gasteiger partial charge in [0.25, 0.3) is 0 Å². The molecule has 0 aromatic heterocycles. The number of thioether (sulfide) groups is 1. The average Bonchev–Trinajstić information content (AvgIpc) is 2.72. The Morgan fingerprint density at radius 2 is 2.19 bits per heavy atom. The van der Waals surface area contributed by atoms with E-state index in [-0.39, 0.29) is 0 Å². The van der Waals surface area contributed by atoms with Crippen molar-refractivity contribution in [3.63, 3.8) is 0 Å². The molecule has 0 bridgehead atoms. The average molecular weight is 244 g/mol. The molecule has 1 saturated heterocycles. The van der Waals surface area contributed by atoms with Gasteiger partial charge in [-0.05, 0) is 70.7 Å². The Labute approximate surface area is 106 Å². The Morgan fingerprint density at radius 3 is 2.81 bits per heavy atom. The zero-order valence-electron chi connectivity index (χ0n) is 11.2. The van der Waals surface area contributed by atoms with Gasteiger partial charge in [-0.25, -0.2) is 0 Å². The molecule has 1 rings (SSSR count). The summed E-state index contributed by atoms with van der Waals surface area (Å²) in [6.07, 6.45) is 6.26. The van der Waals surface area contributed by atoms with Crippen molar-refractivity contribution in [3.8, 4) is 0 Å². The Bertz CT molecular complexity index is 173. The minimum Gasteiger partial charge on any atom is -0.316 e. The molecule has 1 heterocycles. The number of nitrogens with zero attached hydrogens (tertiary/aromatic N) is 1. The molecular weight excluding hydrogens is 216 g/mol. The van der Waals surface area contributed by atoms with Crippen LogP contribution in [-0.2, 0) is 0 Å². The Balaban J connectivity index is 1.94. The number of hydrogen-bond acceptors (Lipinski definition) is 3. The maximum atomic E-state index is 3.61. The molecule has 0 saturated carbocycles. The van der Waals surface area contributed by atoms with Crippen molar-refractivity contribution < 1.29 is 0 Å². The third kappa shape index (κ3) is 5.55. The van der Waals surface area contributed by atoms with E-state index in [1.54, 1.807) is 0 Å². The molecule has 0 radical (unpaired) electrons. The van der Waals surface area contributed by atoms with Gasteiger partial charge in [0.15, 0.2) is 0 Å². The molecule has 0 aromatic carbocycles. The predicted octanol–water partition coefficient (Wildman–Crippen LogP) is 2.45. The Morgan fingerprint density at radius 1 is 1.38 bits per heavy atom. The second-order valence-corrected chi connectivity index (χ2v) is 6.13. The summed E-state index contributed by atoms with van der Waals surface area (Å²) in [4.78, 5) is 2.60. The van der Waals surface area contributed by atoms with Crippen LogP contribution in [0.15, 0.2) is 0 Å². The van der Waals surface area contributed by atoms with Gasteiger partial charge in [-0.3, -0.25) is 0 Å². The van der Waals surface area contributed by atoms with E-state index in [1.165, 1.54) is 51.2 Å². The van der Waals surface area contributed by atoms with E-state index in [9.17, 15) is 0 Å². The van der Waals surface area contributed by atoms with Gasteiger partial charge in [0, 0.05) is 12.6 Å². The van der Waals surface area contributed by atoms with Crippen molar-refractivity contribution in [2.24, 2.45) is 5.92 Å². The van der Waals surface area contributed by atoms with Gasteiger partial charge in [-0.1, -0.05) is 0 Å². The van der Waals surface area contributed by atoms with Gasteiger partial charge in [0.2, 0.25) is 0 Å². The minimum atomic E-state index is 0.728. The highest BCUT2D eigenvalue weighted by molar-refractivity contribution is 7.98. The van der Waals surface area contributed by atoms with Gasteiger partial charge >= 0.3 is 0 Å². The van der Waals surface area contributed by atoms with E-state index in [4.69, 9.17) is 0 Å². The maximum Gasteiger partial charge on any atom is 0.00387 e. The Hall–Kier alpha value is 0.270. The summed E-state index contributed by atoms with van der Waals surface area (Å²) < 4.78 is 0. The van der Waals surface area contributed by atoms with Crippen LogP contribution >= 0.6 is 11.8 Å². The van der Waals surface area contributed by atoms with E-state index in [2.05, 4.69) is 30.3 Å².